The summed E-state index contributed by atoms with van der Waals surface area (Å²) in [4.78, 5) is 25.2. The number of benzene rings is 1. The number of piperidine rings is 1. The van der Waals surface area contributed by atoms with Gasteiger partial charge in [0.15, 0.2) is 0 Å². The number of hydrogen-bond acceptors (Lipinski definition) is 3. The minimum atomic E-state index is -0.179. The van der Waals surface area contributed by atoms with Crippen LogP contribution >= 0.6 is 0 Å². The van der Waals surface area contributed by atoms with Gasteiger partial charge in [-0.15, -0.1) is 0 Å². The average Bonchev–Trinajstić information content (AvgIpc) is 2.43. The van der Waals surface area contributed by atoms with Gasteiger partial charge in [-0.2, -0.15) is 0 Å². The summed E-state index contributed by atoms with van der Waals surface area (Å²) in [6, 6.07) is 5.84. The fourth-order valence-corrected chi connectivity index (χ4v) is 2.44. The van der Waals surface area contributed by atoms with Gasteiger partial charge in [-0.25, -0.2) is 0 Å². The monoisotopic (exact) mass is 275 g/mol. The first kappa shape index (κ1) is 14.6. The van der Waals surface area contributed by atoms with Gasteiger partial charge in [-0.1, -0.05) is 12.1 Å². The second-order valence-corrected chi connectivity index (χ2v) is 5.47. The largest absolute Gasteiger partial charge is 0.426 e. The minimum Gasteiger partial charge on any atom is -0.426 e. The molecule has 1 aromatic carbocycles. The quantitative estimate of drug-likeness (QED) is 0.615. The Hall–Kier alpha value is -1.84. The summed E-state index contributed by atoms with van der Waals surface area (Å²) < 4.78 is 5.52. The number of aryl methyl sites for hydroxylation is 2. The Morgan fingerprint density at radius 3 is 2.45 bits per heavy atom. The number of amides is 1. The maximum Gasteiger partial charge on any atom is 0.314 e. The van der Waals surface area contributed by atoms with Gasteiger partial charge in [0.05, 0.1) is 5.92 Å². The lowest BCUT2D eigenvalue weighted by molar-refractivity contribution is -0.142. The van der Waals surface area contributed by atoms with Gasteiger partial charge in [0, 0.05) is 20.0 Å². The highest BCUT2D eigenvalue weighted by Crippen LogP contribution is 2.23. The molecular formula is C16H21NO3. The van der Waals surface area contributed by atoms with Crippen LogP contribution < -0.4 is 4.74 Å². The molecule has 0 N–H and O–H groups in total. The van der Waals surface area contributed by atoms with Gasteiger partial charge in [0.2, 0.25) is 5.91 Å². The zero-order chi connectivity index (χ0) is 14.7. The Morgan fingerprint density at radius 1 is 1.20 bits per heavy atom. The fourth-order valence-electron chi connectivity index (χ4n) is 2.44. The van der Waals surface area contributed by atoms with Gasteiger partial charge >= 0.3 is 5.97 Å². The Bertz CT molecular complexity index is 516. The summed E-state index contributed by atoms with van der Waals surface area (Å²) in [6.07, 6.45) is 1.37. The summed E-state index contributed by atoms with van der Waals surface area (Å²) in [5, 5.41) is 0. The highest BCUT2D eigenvalue weighted by Gasteiger charge is 2.27. The van der Waals surface area contributed by atoms with Crippen molar-refractivity contribution in [3.05, 3.63) is 29.3 Å². The molecule has 1 fully saturated rings. The first-order valence-corrected chi connectivity index (χ1v) is 7.02. The Labute approximate surface area is 119 Å². The second-order valence-electron chi connectivity index (χ2n) is 5.47. The van der Waals surface area contributed by atoms with E-state index in [0.29, 0.717) is 31.7 Å². The van der Waals surface area contributed by atoms with E-state index in [1.165, 1.54) is 0 Å². The summed E-state index contributed by atoms with van der Waals surface area (Å²) in [7, 11) is 0. The number of nitrogens with zero attached hydrogens (tertiary/aromatic N) is 1. The van der Waals surface area contributed by atoms with Crippen LogP contribution in [0.15, 0.2) is 18.2 Å². The van der Waals surface area contributed by atoms with Crippen molar-refractivity contribution in [2.24, 2.45) is 5.92 Å². The molecule has 0 radical (unpaired) electrons. The van der Waals surface area contributed by atoms with E-state index in [-0.39, 0.29) is 17.8 Å². The maximum atomic E-state index is 12.2. The van der Waals surface area contributed by atoms with E-state index >= 15 is 0 Å². The third kappa shape index (κ3) is 3.38. The van der Waals surface area contributed by atoms with Crippen molar-refractivity contribution in [2.75, 3.05) is 13.1 Å². The number of esters is 1. The Morgan fingerprint density at radius 2 is 1.85 bits per heavy atom. The third-order valence-corrected chi connectivity index (χ3v) is 3.83. The van der Waals surface area contributed by atoms with Crippen LogP contribution in [0, 0.1) is 19.8 Å². The predicted octanol–water partition coefficient (Wildman–Crippen LogP) is 2.47. The third-order valence-electron chi connectivity index (χ3n) is 3.83. The molecule has 1 amide bonds. The van der Waals surface area contributed by atoms with Crippen LogP contribution in [0.5, 0.6) is 5.75 Å². The molecule has 108 valence electrons. The summed E-state index contributed by atoms with van der Waals surface area (Å²) in [5.41, 5.74) is 2.04. The molecule has 0 aliphatic carbocycles. The highest BCUT2D eigenvalue weighted by atomic mass is 16.5. The van der Waals surface area contributed by atoms with E-state index in [2.05, 4.69) is 0 Å². The molecule has 1 aromatic rings. The molecule has 0 aromatic heterocycles. The van der Waals surface area contributed by atoms with Crippen LogP contribution in [-0.2, 0) is 9.59 Å². The van der Waals surface area contributed by atoms with Gasteiger partial charge in [-0.3, -0.25) is 9.59 Å². The number of hydrogen-bond donors (Lipinski definition) is 0. The number of ether oxygens (including phenoxy) is 1. The van der Waals surface area contributed by atoms with Crippen LogP contribution in [0.3, 0.4) is 0 Å². The van der Waals surface area contributed by atoms with E-state index in [1.807, 2.05) is 32.0 Å². The zero-order valence-corrected chi connectivity index (χ0v) is 12.3. The van der Waals surface area contributed by atoms with Crippen molar-refractivity contribution >= 4 is 11.9 Å². The molecule has 0 spiro atoms. The van der Waals surface area contributed by atoms with Crippen molar-refractivity contribution in [1.82, 2.24) is 4.90 Å². The second kappa shape index (κ2) is 6.07. The van der Waals surface area contributed by atoms with Crippen LogP contribution in [0.25, 0.3) is 0 Å². The van der Waals surface area contributed by atoms with Crippen LogP contribution in [0.2, 0.25) is 0 Å². The first-order chi connectivity index (χ1) is 9.47. The van der Waals surface area contributed by atoms with Crippen LogP contribution in [0.4, 0.5) is 0 Å². The molecule has 1 aliphatic rings. The lowest BCUT2D eigenvalue weighted by Gasteiger charge is -2.30. The number of likely N-dealkylation sites (tertiary alicyclic amines) is 1. The first-order valence-electron chi connectivity index (χ1n) is 7.02. The molecule has 4 heteroatoms. The van der Waals surface area contributed by atoms with Crippen molar-refractivity contribution in [1.29, 1.82) is 0 Å². The highest BCUT2D eigenvalue weighted by molar-refractivity contribution is 5.77. The van der Waals surface area contributed by atoms with E-state index < -0.39 is 0 Å². The smallest absolute Gasteiger partial charge is 0.314 e. The van der Waals surface area contributed by atoms with E-state index in [4.69, 9.17) is 4.74 Å². The number of carbonyl (C=O) groups excluding carboxylic acids is 2. The zero-order valence-electron chi connectivity index (χ0n) is 12.3. The maximum absolute atomic E-state index is 12.2. The molecule has 2 rings (SSSR count). The number of carbonyl (C=O) groups is 2. The van der Waals surface area contributed by atoms with Gasteiger partial charge in [-0.05, 0) is 43.9 Å². The van der Waals surface area contributed by atoms with Crippen molar-refractivity contribution < 1.29 is 14.3 Å². The molecule has 4 nitrogen and oxygen atoms in total. The molecule has 20 heavy (non-hydrogen) atoms. The molecule has 0 atom stereocenters. The van der Waals surface area contributed by atoms with Gasteiger partial charge < -0.3 is 9.64 Å². The molecule has 1 heterocycles. The Kier molecular flexibility index (Phi) is 4.42. The molecule has 0 saturated carbocycles. The summed E-state index contributed by atoms with van der Waals surface area (Å²) in [6.45, 7) is 6.75. The molecule has 0 bridgehead atoms. The predicted molar refractivity (Wildman–Crippen MR) is 76.5 cm³/mol. The van der Waals surface area contributed by atoms with Gasteiger partial charge in [0.25, 0.3) is 0 Å². The van der Waals surface area contributed by atoms with Crippen molar-refractivity contribution in [2.45, 2.75) is 33.6 Å². The SMILES string of the molecule is CC(=O)N1CCC(C(=O)Oc2cc(C)ccc2C)CC1. The molecule has 1 aliphatic heterocycles. The van der Waals surface area contributed by atoms with E-state index in [9.17, 15) is 9.59 Å². The summed E-state index contributed by atoms with van der Waals surface area (Å²) in [5.74, 6) is 0.433. The standard InChI is InChI=1S/C16H21NO3/c1-11-4-5-12(2)15(10-11)20-16(19)14-6-8-17(9-7-14)13(3)18/h4-5,10,14H,6-9H2,1-3H3. The van der Waals surface area contributed by atoms with Crippen LogP contribution in [0.1, 0.15) is 30.9 Å². The topological polar surface area (TPSA) is 46.6 Å². The lowest BCUT2D eigenvalue weighted by atomic mass is 9.97. The van der Waals surface area contributed by atoms with Crippen molar-refractivity contribution in [3.63, 3.8) is 0 Å². The molecular weight excluding hydrogens is 254 g/mol. The lowest BCUT2D eigenvalue weighted by Crippen LogP contribution is -2.40. The van der Waals surface area contributed by atoms with E-state index in [0.717, 1.165) is 11.1 Å². The van der Waals surface area contributed by atoms with E-state index in [1.54, 1.807) is 11.8 Å². The Balaban J connectivity index is 1.96. The normalized spacial score (nSPS) is 16.1. The molecule has 0 unspecified atom stereocenters. The molecule has 1 saturated heterocycles. The fraction of sp³-hybridized carbons (Fsp3) is 0.500. The van der Waals surface area contributed by atoms with Crippen molar-refractivity contribution in [3.8, 4) is 5.75 Å². The van der Waals surface area contributed by atoms with Crippen LogP contribution in [-0.4, -0.2) is 29.9 Å². The minimum absolute atomic E-state index is 0.0753. The average molecular weight is 275 g/mol. The number of rotatable bonds is 2. The summed E-state index contributed by atoms with van der Waals surface area (Å²) >= 11 is 0. The van der Waals surface area contributed by atoms with Gasteiger partial charge in [0.1, 0.15) is 5.75 Å².